The van der Waals surface area contributed by atoms with E-state index < -0.39 is 17.7 Å². The topological polar surface area (TPSA) is 9.23 Å². The SMILES string of the molecule is CCCC1(OC(F)=C(F)F)C=CC(c2ccccc2)=CC1. The number of halogens is 3. The molecule has 0 amide bonds. The average Bonchev–Trinajstić information content (AvgIpc) is 2.49. The fourth-order valence-electron chi connectivity index (χ4n) is 2.46. The van der Waals surface area contributed by atoms with Gasteiger partial charge >= 0.3 is 12.1 Å². The lowest BCUT2D eigenvalue weighted by Crippen LogP contribution is -2.30. The molecule has 0 bridgehead atoms. The van der Waals surface area contributed by atoms with E-state index in [0.717, 1.165) is 11.1 Å². The van der Waals surface area contributed by atoms with E-state index in [4.69, 9.17) is 4.74 Å². The van der Waals surface area contributed by atoms with Gasteiger partial charge in [-0.15, -0.1) is 0 Å². The highest BCUT2D eigenvalue weighted by Crippen LogP contribution is 2.35. The molecule has 1 aliphatic rings. The zero-order valence-corrected chi connectivity index (χ0v) is 11.8. The number of hydrogen-bond donors (Lipinski definition) is 0. The van der Waals surface area contributed by atoms with E-state index in [1.165, 1.54) is 0 Å². The number of benzene rings is 1. The van der Waals surface area contributed by atoms with Crippen molar-refractivity contribution in [1.29, 1.82) is 0 Å². The molecule has 2 rings (SSSR count). The van der Waals surface area contributed by atoms with Crippen LogP contribution in [0.15, 0.2) is 60.7 Å². The Kier molecular flexibility index (Phi) is 4.89. The number of ether oxygens (including phenoxy) is 1. The van der Waals surface area contributed by atoms with Crippen LogP contribution < -0.4 is 0 Å². The molecule has 0 heterocycles. The maximum Gasteiger partial charge on any atom is 0.342 e. The second-order valence-electron chi connectivity index (χ2n) is 5.01. The Hall–Kier alpha value is -1.97. The van der Waals surface area contributed by atoms with Gasteiger partial charge < -0.3 is 4.74 Å². The molecule has 0 fully saturated rings. The molecule has 0 saturated heterocycles. The molecule has 0 aromatic heterocycles. The lowest BCUT2D eigenvalue weighted by atomic mass is 9.86. The maximum absolute atomic E-state index is 13.2. The molecule has 0 spiro atoms. The fraction of sp³-hybridized carbons (Fsp3) is 0.294. The molecule has 4 heteroatoms. The molecule has 0 aliphatic heterocycles. The predicted molar refractivity (Wildman–Crippen MR) is 77.3 cm³/mol. The first-order valence-electron chi connectivity index (χ1n) is 6.91. The molecule has 112 valence electrons. The second kappa shape index (κ2) is 6.66. The van der Waals surface area contributed by atoms with Crippen molar-refractivity contribution in [2.75, 3.05) is 0 Å². The quantitative estimate of drug-likeness (QED) is 0.640. The van der Waals surface area contributed by atoms with Gasteiger partial charge in [0.2, 0.25) is 0 Å². The zero-order valence-electron chi connectivity index (χ0n) is 11.8. The van der Waals surface area contributed by atoms with Crippen LogP contribution in [-0.2, 0) is 4.74 Å². The summed E-state index contributed by atoms with van der Waals surface area (Å²) >= 11 is 0. The Morgan fingerprint density at radius 2 is 1.90 bits per heavy atom. The van der Waals surface area contributed by atoms with Crippen molar-refractivity contribution < 1.29 is 17.9 Å². The molecule has 1 unspecified atom stereocenters. The molecule has 21 heavy (non-hydrogen) atoms. The van der Waals surface area contributed by atoms with Crippen molar-refractivity contribution in [1.82, 2.24) is 0 Å². The van der Waals surface area contributed by atoms with Gasteiger partial charge in [-0.2, -0.15) is 13.2 Å². The van der Waals surface area contributed by atoms with Gasteiger partial charge in [0.25, 0.3) is 0 Å². The molecule has 1 aromatic carbocycles. The van der Waals surface area contributed by atoms with E-state index in [1.54, 1.807) is 12.2 Å². The van der Waals surface area contributed by atoms with Crippen molar-refractivity contribution in [2.24, 2.45) is 0 Å². The summed E-state index contributed by atoms with van der Waals surface area (Å²) in [7, 11) is 0. The molecular formula is C17H17F3O. The summed E-state index contributed by atoms with van der Waals surface area (Å²) in [6.45, 7) is 1.91. The fourth-order valence-corrected chi connectivity index (χ4v) is 2.46. The number of rotatable bonds is 5. The van der Waals surface area contributed by atoms with Crippen LogP contribution in [0.3, 0.4) is 0 Å². The van der Waals surface area contributed by atoms with Crippen LogP contribution in [0.4, 0.5) is 13.2 Å². The summed E-state index contributed by atoms with van der Waals surface area (Å²) in [6.07, 6.45) is 4.51. The van der Waals surface area contributed by atoms with Gasteiger partial charge in [0, 0.05) is 6.42 Å². The average molecular weight is 294 g/mol. The summed E-state index contributed by atoms with van der Waals surface area (Å²) in [6, 6.07) is 7.91. The van der Waals surface area contributed by atoms with E-state index >= 15 is 0 Å². The molecule has 1 aliphatic carbocycles. The van der Waals surface area contributed by atoms with Gasteiger partial charge in [0.05, 0.1) is 0 Å². The molecule has 1 nitrogen and oxygen atoms in total. The van der Waals surface area contributed by atoms with Crippen LogP contribution in [0.1, 0.15) is 31.7 Å². The Morgan fingerprint density at radius 1 is 1.19 bits per heavy atom. The molecule has 0 radical (unpaired) electrons. The van der Waals surface area contributed by atoms with Crippen molar-refractivity contribution in [3.05, 3.63) is 66.2 Å². The van der Waals surface area contributed by atoms with Crippen LogP contribution in [0.25, 0.3) is 5.57 Å². The Labute approximate surface area is 122 Å². The van der Waals surface area contributed by atoms with Gasteiger partial charge in [0.1, 0.15) is 5.60 Å². The normalized spacial score (nSPS) is 20.9. The summed E-state index contributed by atoms with van der Waals surface area (Å²) in [5.74, 6) is 0. The van der Waals surface area contributed by atoms with E-state index in [2.05, 4.69) is 0 Å². The van der Waals surface area contributed by atoms with E-state index in [9.17, 15) is 13.2 Å². The van der Waals surface area contributed by atoms with Gasteiger partial charge in [0.15, 0.2) is 0 Å². The largest absolute Gasteiger partial charge is 0.456 e. The lowest BCUT2D eigenvalue weighted by molar-refractivity contribution is -0.00829. The molecule has 0 N–H and O–H groups in total. The van der Waals surface area contributed by atoms with E-state index in [-0.39, 0.29) is 0 Å². The smallest absolute Gasteiger partial charge is 0.342 e. The number of allylic oxidation sites excluding steroid dienone is 2. The Balaban J connectivity index is 2.20. The van der Waals surface area contributed by atoms with Gasteiger partial charge in [-0.05, 0) is 23.6 Å². The molecule has 0 saturated carbocycles. The zero-order chi connectivity index (χ0) is 15.3. The highest BCUT2D eigenvalue weighted by molar-refractivity contribution is 5.75. The predicted octanol–water partition coefficient (Wildman–Crippen LogP) is 5.62. The minimum absolute atomic E-state index is 0.363. The van der Waals surface area contributed by atoms with Crippen molar-refractivity contribution in [3.63, 3.8) is 0 Å². The first-order chi connectivity index (χ1) is 10.1. The van der Waals surface area contributed by atoms with Gasteiger partial charge in [-0.25, -0.2) is 0 Å². The maximum atomic E-state index is 13.2. The van der Waals surface area contributed by atoms with E-state index in [0.29, 0.717) is 19.3 Å². The molecule has 1 atom stereocenters. The number of hydrogen-bond acceptors (Lipinski definition) is 1. The second-order valence-corrected chi connectivity index (χ2v) is 5.01. The molecular weight excluding hydrogens is 277 g/mol. The third-order valence-corrected chi connectivity index (χ3v) is 3.46. The van der Waals surface area contributed by atoms with Gasteiger partial charge in [-0.3, -0.25) is 0 Å². The Bertz CT molecular complexity index is 571. The monoisotopic (exact) mass is 294 g/mol. The summed E-state index contributed by atoms with van der Waals surface area (Å²) < 4.78 is 42.6. The van der Waals surface area contributed by atoms with Crippen LogP contribution >= 0.6 is 0 Å². The van der Waals surface area contributed by atoms with E-state index in [1.807, 2.05) is 43.3 Å². The van der Waals surface area contributed by atoms with Crippen LogP contribution in [-0.4, -0.2) is 5.60 Å². The molecule has 1 aromatic rings. The van der Waals surface area contributed by atoms with Crippen LogP contribution in [0.5, 0.6) is 0 Å². The highest BCUT2D eigenvalue weighted by atomic mass is 19.3. The minimum Gasteiger partial charge on any atom is -0.456 e. The van der Waals surface area contributed by atoms with Crippen molar-refractivity contribution in [3.8, 4) is 0 Å². The summed E-state index contributed by atoms with van der Waals surface area (Å²) in [4.78, 5) is 0. The Morgan fingerprint density at radius 3 is 2.43 bits per heavy atom. The first-order valence-corrected chi connectivity index (χ1v) is 6.91. The van der Waals surface area contributed by atoms with Crippen LogP contribution in [0, 0.1) is 0 Å². The van der Waals surface area contributed by atoms with Gasteiger partial charge in [-0.1, -0.05) is 55.8 Å². The highest BCUT2D eigenvalue weighted by Gasteiger charge is 2.32. The lowest BCUT2D eigenvalue weighted by Gasteiger charge is -2.31. The standard InChI is InChI=1S/C17H17F3O/c1-2-10-17(21-16(20)15(18)19)11-8-14(9-12-17)13-6-4-3-5-7-13/h3-9,11H,2,10,12H2,1H3. The van der Waals surface area contributed by atoms with Crippen molar-refractivity contribution >= 4 is 5.57 Å². The third kappa shape index (κ3) is 3.78. The van der Waals surface area contributed by atoms with Crippen LogP contribution in [0.2, 0.25) is 0 Å². The minimum atomic E-state index is -2.42. The first kappa shape index (κ1) is 15.4. The van der Waals surface area contributed by atoms with Crippen molar-refractivity contribution in [2.45, 2.75) is 31.8 Å². The summed E-state index contributed by atoms with van der Waals surface area (Å²) in [5, 5.41) is 0. The third-order valence-electron chi connectivity index (χ3n) is 3.46. The summed E-state index contributed by atoms with van der Waals surface area (Å²) in [5.41, 5.74) is 0.989.